The van der Waals surface area contributed by atoms with Gasteiger partial charge in [-0.3, -0.25) is 4.79 Å². The lowest BCUT2D eigenvalue weighted by Gasteiger charge is -2.18. The van der Waals surface area contributed by atoms with Crippen LogP contribution in [0.15, 0.2) is 0 Å². The Labute approximate surface area is 59.1 Å². The Hall–Kier alpha value is -0.610. The molecule has 3 N–H and O–H groups in total. The molecule has 0 amide bonds. The topological polar surface area (TPSA) is 77.8 Å². The molecule has 0 saturated carbocycles. The molecule has 0 saturated heterocycles. The van der Waals surface area contributed by atoms with Crippen molar-refractivity contribution in [3.8, 4) is 0 Å². The fraction of sp³-hybridized carbons (Fsp3) is 0.833. The van der Waals surface area contributed by atoms with E-state index in [1.54, 1.807) is 0 Å². The van der Waals surface area contributed by atoms with E-state index in [2.05, 4.69) is 0 Å². The molecular formula is C6H12O4. The van der Waals surface area contributed by atoms with Gasteiger partial charge in [0.05, 0.1) is 12.0 Å². The van der Waals surface area contributed by atoms with Gasteiger partial charge in [0.2, 0.25) is 0 Å². The van der Waals surface area contributed by atoms with Crippen LogP contribution in [0.1, 0.15) is 19.8 Å². The summed E-state index contributed by atoms with van der Waals surface area (Å²) < 4.78 is 0. The number of aliphatic hydroxyl groups is 2. The molecule has 0 unspecified atom stereocenters. The Balaban J connectivity index is 3.74. The van der Waals surface area contributed by atoms with Gasteiger partial charge in [0.15, 0.2) is 0 Å². The molecule has 4 nitrogen and oxygen atoms in total. The Morgan fingerprint density at radius 1 is 1.70 bits per heavy atom. The van der Waals surface area contributed by atoms with Crippen LogP contribution in [-0.2, 0) is 4.79 Å². The molecule has 0 spiro atoms. The molecule has 0 aromatic carbocycles. The molecule has 0 aliphatic carbocycles. The van der Waals surface area contributed by atoms with Gasteiger partial charge < -0.3 is 15.3 Å². The summed E-state index contributed by atoms with van der Waals surface area (Å²) in [6, 6.07) is 0. The van der Waals surface area contributed by atoms with E-state index in [1.807, 2.05) is 0 Å². The molecule has 1 atom stereocenters. The third-order valence-electron chi connectivity index (χ3n) is 1.18. The van der Waals surface area contributed by atoms with E-state index < -0.39 is 11.6 Å². The Bertz CT molecular complexity index is 119. The fourth-order valence-electron chi connectivity index (χ4n) is 0.655. The molecule has 0 aliphatic heterocycles. The minimum Gasteiger partial charge on any atom is -0.481 e. The monoisotopic (exact) mass is 150 g/mol. The summed E-state index contributed by atoms with van der Waals surface area (Å²) in [7, 11) is 0. The minimum absolute atomic E-state index is 0.0965. The first-order chi connectivity index (χ1) is 4.48. The number of carbonyl (C=O) groups is 1. The van der Waals surface area contributed by atoms with Gasteiger partial charge in [-0.2, -0.15) is 0 Å². The highest BCUT2D eigenvalue weighted by molar-refractivity contribution is 5.67. The predicted octanol–water partition coefficient (Wildman–Crippen LogP) is -0.406. The van der Waals surface area contributed by atoms with Gasteiger partial charge in [-0.05, 0) is 13.3 Å². The number of rotatable bonds is 4. The zero-order valence-electron chi connectivity index (χ0n) is 5.87. The maximum absolute atomic E-state index is 10.0. The first-order valence-electron chi connectivity index (χ1n) is 3.03. The van der Waals surface area contributed by atoms with E-state index in [-0.39, 0.29) is 19.4 Å². The number of hydrogen-bond acceptors (Lipinski definition) is 3. The summed E-state index contributed by atoms with van der Waals surface area (Å²) in [6.07, 6.45) is -0.229. The van der Waals surface area contributed by atoms with Crippen molar-refractivity contribution >= 4 is 5.97 Å². The maximum atomic E-state index is 10.0. The predicted molar refractivity (Wildman–Crippen MR) is 34.6 cm³/mol. The molecule has 0 fully saturated rings. The minimum atomic E-state index is -1.28. The van der Waals surface area contributed by atoms with Crippen LogP contribution in [0.3, 0.4) is 0 Å². The third kappa shape index (κ3) is 4.29. The summed E-state index contributed by atoms with van der Waals surface area (Å²) in [6.45, 7) is 1.19. The molecule has 4 heteroatoms. The van der Waals surface area contributed by atoms with Gasteiger partial charge >= 0.3 is 5.97 Å². The number of carboxylic acid groups (broad SMARTS) is 1. The lowest BCUT2D eigenvalue weighted by molar-refractivity contribution is -0.142. The summed E-state index contributed by atoms with van der Waals surface area (Å²) in [5.74, 6) is -1.06. The summed E-state index contributed by atoms with van der Waals surface area (Å²) in [5, 5.41) is 25.7. The van der Waals surface area contributed by atoms with Crippen LogP contribution in [0.5, 0.6) is 0 Å². The first kappa shape index (κ1) is 9.39. The summed E-state index contributed by atoms with van der Waals surface area (Å²) in [5.41, 5.74) is -1.28. The van der Waals surface area contributed by atoms with E-state index in [0.29, 0.717) is 0 Å². The molecule has 0 bridgehead atoms. The third-order valence-corrected chi connectivity index (χ3v) is 1.18. The van der Waals surface area contributed by atoms with Crippen LogP contribution >= 0.6 is 0 Å². The highest BCUT2D eigenvalue weighted by atomic mass is 16.4. The molecule has 0 radical (unpaired) electrons. The van der Waals surface area contributed by atoms with E-state index in [0.717, 1.165) is 0 Å². The highest BCUT2D eigenvalue weighted by Crippen LogP contribution is 2.12. The number of carboxylic acids is 1. The lowest BCUT2D eigenvalue weighted by atomic mass is 10.2. The van der Waals surface area contributed by atoms with Gasteiger partial charge in [0, 0.05) is 6.61 Å². The van der Waals surface area contributed by atoms with Crippen molar-refractivity contribution in [2.75, 3.05) is 6.61 Å². The molecule has 60 valence electrons. The van der Waals surface area contributed by atoms with Crippen LogP contribution in [0.2, 0.25) is 0 Å². The first-order valence-corrected chi connectivity index (χ1v) is 3.03. The van der Waals surface area contributed by atoms with Gasteiger partial charge in [-0.15, -0.1) is 0 Å². The van der Waals surface area contributed by atoms with E-state index >= 15 is 0 Å². The molecular weight excluding hydrogens is 138 g/mol. The van der Waals surface area contributed by atoms with Crippen LogP contribution in [0, 0.1) is 0 Å². The molecule has 0 aromatic rings. The second kappa shape index (κ2) is 3.53. The zero-order valence-corrected chi connectivity index (χ0v) is 5.87. The summed E-state index contributed by atoms with van der Waals surface area (Å²) in [4.78, 5) is 10.0. The standard InChI is InChI=1S/C6H12O4/c1-6(10,2-3-7)4-5(8)9/h7,10H,2-4H2,1H3,(H,8,9)/t6-/m1/s1/i4+2. The van der Waals surface area contributed by atoms with Crippen molar-refractivity contribution in [1.29, 1.82) is 0 Å². The average molecular weight is 150 g/mol. The number of aliphatic hydroxyl groups excluding tert-OH is 1. The van der Waals surface area contributed by atoms with Gasteiger partial charge in [0.25, 0.3) is 0 Å². The van der Waals surface area contributed by atoms with Crippen LogP contribution in [0.4, 0.5) is 0 Å². The Kier molecular flexibility index (Phi) is 3.32. The lowest BCUT2D eigenvalue weighted by Crippen LogP contribution is -2.28. The van der Waals surface area contributed by atoms with E-state index in [4.69, 9.17) is 15.3 Å². The van der Waals surface area contributed by atoms with Crippen LogP contribution < -0.4 is 0 Å². The van der Waals surface area contributed by atoms with Crippen molar-refractivity contribution in [2.45, 2.75) is 25.4 Å². The molecule has 10 heavy (non-hydrogen) atoms. The zero-order chi connectivity index (χ0) is 8.20. The molecule has 0 aromatic heterocycles. The molecule has 0 aliphatic rings. The van der Waals surface area contributed by atoms with Crippen molar-refractivity contribution in [1.82, 2.24) is 0 Å². The quantitative estimate of drug-likeness (QED) is 0.509. The van der Waals surface area contributed by atoms with E-state index in [1.165, 1.54) is 6.92 Å². The van der Waals surface area contributed by atoms with Crippen molar-refractivity contribution in [3.05, 3.63) is 0 Å². The van der Waals surface area contributed by atoms with Gasteiger partial charge in [-0.25, -0.2) is 0 Å². The normalized spacial score (nSPS) is 16.3. The largest absolute Gasteiger partial charge is 0.481 e. The van der Waals surface area contributed by atoms with Crippen LogP contribution in [-0.4, -0.2) is 33.5 Å². The molecule has 0 heterocycles. The van der Waals surface area contributed by atoms with Crippen LogP contribution in [0.25, 0.3) is 0 Å². The number of aliphatic carboxylic acids is 1. The van der Waals surface area contributed by atoms with E-state index in [9.17, 15) is 4.79 Å². The van der Waals surface area contributed by atoms with Crippen molar-refractivity contribution in [3.63, 3.8) is 0 Å². The average Bonchev–Trinajstić information content (AvgIpc) is 1.59. The van der Waals surface area contributed by atoms with Gasteiger partial charge in [0.1, 0.15) is 0 Å². The second-order valence-corrected chi connectivity index (χ2v) is 2.54. The van der Waals surface area contributed by atoms with Crippen molar-refractivity contribution in [2.24, 2.45) is 0 Å². The Morgan fingerprint density at radius 2 is 2.20 bits per heavy atom. The SMILES string of the molecule is C[C@@](O)(CCO)[14CH2]C(=O)O. The maximum Gasteiger partial charge on any atom is 0.306 e. The van der Waals surface area contributed by atoms with Gasteiger partial charge in [-0.1, -0.05) is 0 Å². The van der Waals surface area contributed by atoms with Crippen molar-refractivity contribution < 1.29 is 20.1 Å². The Morgan fingerprint density at radius 3 is 2.50 bits per heavy atom. The number of hydrogen-bond donors (Lipinski definition) is 3. The fourth-order valence-corrected chi connectivity index (χ4v) is 0.655. The highest BCUT2D eigenvalue weighted by Gasteiger charge is 2.22. The smallest absolute Gasteiger partial charge is 0.306 e. The second-order valence-electron chi connectivity index (χ2n) is 2.54. The summed E-state index contributed by atoms with van der Waals surface area (Å²) >= 11 is 0. The molecule has 0 rings (SSSR count).